The van der Waals surface area contributed by atoms with Crippen LogP contribution < -0.4 is 10.5 Å². The van der Waals surface area contributed by atoms with Gasteiger partial charge in [-0.1, -0.05) is 5.16 Å². The van der Waals surface area contributed by atoms with Crippen molar-refractivity contribution in [2.24, 2.45) is 10.9 Å². The number of amidine groups is 1. The Morgan fingerprint density at radius 1 is 1.50 bits per heavy atom. The molecule has 0 aromatic heterocycles. The van der Waals surface area contributed by atoms with Crippen LogP contribution in [-0.4, -0.2) is 41.0 Å². The van der Waals surface area contributed by atoms with Gasteiger partial charge in [0.15, 0.2) is 12.4 Å². The molecule has 1 aromatic carbocycles. The molecular weight excluding hydrogens is 258 g/mol. The normalized spacial score (nSPS) is 19.1. The fraction of sp³-hybridized carbons (Fsp3) is 0.429. The van der Waals surface area contributed by atoms with Crippen LogP contribution >= 0.6 is 0 Å². The minimum atomic E-state index is 0.00973. The largest absolute Gasteiger partial charge is 0.484 e. The summed E-state index contributed by atoms with van der Waals surface area (Å²) in [5, 5.41) is 11.5. The van der Waals surface area contributed by atoms with E-state index in [4.69, 9.17) is 15.7 Å². The molecule has 1 unspecified atom stereocenters. The van der Waals surface area contributed by atoms with E-state index in [1.165, 1.54) is 0 Å². The van der Waals surface area contributed by atoms with Crippen LogP contribution in [-0.2, 0) is 4.79 Å². The van der Waals surface area contributed by atoms with Gasteiger partial charge in [0.1, 0.15) is 5.75 Å². The van der Waals surface area contributed by atoms with Crippen molar-refractivity contribution in [1.29, 1.82) is 0 Å². The summed E-state index contributed by atoms with van der Waals surface area (Å²) in [5.74, 6) is 0.633. The molecule has 1 atom stereocenters. The maximum absolute atomic E-state index is 12.0. The quantitative estimate of drug-likeness (QED) is 0.374. The number of likely N-dealkylation sites (tertiary alicyclic amines) is 1. The number of carbonyl (C=O) groups is 1. The zero-order valence-electron chi connectivity index (χ0n) is 11.5. The van der Waals surface area contributed by atoms with Gasteiger partial charge in [0, 0.05) is 18.2 Å². The summed E-state index contributed by atoms with van der Waals surface area (Å²) < 4.78 is 5.46. The predicted octanol–water partition coefficient (Wildman–Crippen LogP) is 1.17. The topological polar surface area (TPSA) is 88.2 Å². The van der Waals surface area contributed by atoms with Crippen LogP contribution in [0.1, 0.15) is 25.3 Å². The summed E-state index contributed by atoms with van der Waals surface area (Å²) in [4.78, 5) is 13.8. The number of benzene rings is 1. The number of ether oxygens (including phenoxy) is 1. The SMILES string of the molecule is CC1CCCN1C(=O)COc1ccc(/C(N)=N/O)cc1. The first kappa shape index (κ1) is 14.2. The van der Waals surface area contributed by atoms with Gasteiger partial charge in [-0.25, -0.2) is 0 Å². The van der Waals surface area contributed by atoms with Crippen molar-refractivity contribution in [3.8, 4) is 5.75 Å². The zero-order chi connectivity index (χ0) is 14.5. The smallest absolute Gasteiger partial charge is 0.260 e. The number of rotatable bonds is 4. The van der Waals surface area contributed by atoms with E-state index < -0.39 is 0 Å². The summed E-state index contributed by atoms with van der Waals surface area (Å²) in [5.41, 5.74) is 6.06. The third kappa shape index (κ3) is 3.20. The standard InChI is InChI=1S/C14H19N3O3/c1-10-3-2-8-17(10)13(18)9-20-12-6-4-11(5-7-12)14(15)16-19/h4-7,10,19H,2-3,8-9H2,1H3,(H2,15,16). The lowest BCUT2D eigenvalue weighted by Crippen LogP contribution is -2.37. The van der Waals surface area contributed by atoms with Crippen LogP contribution in [0.25, 0.3) is 0 Å². The molecule has 3 N–H and O–H groups in total. The Morgan fingerprint density at radius 3 is 2.75 bits per heavy atom. The Hall–Kier alpha value is -2.24. The van der Waals surface area contributed by atoms with Crippen LogP contribution in [0.2, 0.25) is 0 Å². The lowest BCUT2D eigenvalue weighted by atomic mass is 10.2. The third-order valence-electron chi connectivity index (χ3n) is 3.49. The predicted molar refractivity (Wildman–Crippen MR) is 74.9 cm³/mol. The van der Waals surface area contributed by atoms with Crippen molar-refractivity contribution in [1.82, 2.24) is 4.90 Å². The van der Waals surface area contributed by atoms with Crippen molar-refractivity contribution in [3.05, 3.63) is 29.8 Å². The molecule has 1 aliphatic heterocycles. The Kier molecular flexibility index (Phi) is 4.45. The van der Waals surface area contributed by atoms with E-state index in [2.05, 4.69) is 12.1 Å². The minimum Gasteiger partial charge on any atom is -0.484 e. The molecule has 1 amide bonds. The Labute approximate surface area is 117 Å². The maximum Gasteiger partial charge on any atom is 0.260 e. The minimum absolute atomic E-state index is 0.00973. The molecule has 20 heavy (non-hydrogen) atoms. The highest BCUT2D eigenvalue weighted by Crippen LogP contribution is 2.17. The number of hydrogen-bond acceptors (Lipinski definition) is 4. The van der Waals surface area contributed by atoms with Crippen molar-refractivity contribution in [2.75, 3.05) is 13.2 Å². The molecule has 0 aliphatic carbocycles. The van der Waals surface area contributed by atoms with Crippen molar-refractivity contribution >= 4 is 11.7 Å². The van der Waals surface area contributed by atoms with Gasteiger partial charge in [0.25, 0.3) is 5.91 Å². The first-order chi connectivity index (χ1) is 9.61. The summed E-state index contributed by atoms with van der Waals surface area (Å²) in [6, 6.07) is 7.03. The molecular formula is C14H19N3O3. The highest BCUT2D eigenvalue weighted by molar-refractivity contribution is 5.97. The molecule has 0 spiro atoms. The van der Waals surface area contributed by atoms with E-state index in [1.54, 1.807) is 24.3 Å². The molecule has 1 aliphatic rings. The second-order valence-electron chi connectivity index (χ2n) is 4.88. The molecule has 108 valence electrons. The molecule has 0 saturated carbocycles. The molecule has 2 rings (SSSR count). The fourth-order valence-corrected chi connectivity index (χ4v) is 2.31. The van der Waals surface area contributed by atoms with Crippen LogP contribution in [0.3, 0.4) is 0 Å². The van der Waals surface area contributed by atoms with Crippen LogP contribution in [0.5, 0.6) is 5.75 Å². The van der Waals surface area contributed by atoms with Gasteiger partial charge in [-0.3, -0.25) is 4.79 Å². The maximum atomic E-state index is 12.0. The molecule has 6 heteroatoms. The van der Waals surface area contributed by atoms with Crippen molar-refractivity contribution in [3.63, 3.8) is 0 Å². The molecule has 6 nitrogen and oxygen atoms in total. The van der Waals surface area contributed by atoms with Gasteiger partial charge < -0.3 is 20.6 Å². The van der Waals surface area contributed by atoms with Gasteiger partial charge >= 0.3 is 0 Å². The summed E-state index contributed by atoms with van der Waals surface area (Å²) >= 11 is 0. The zero-order valence-corrected chi connectivity index (χ0v) is 11.5. The van der Waals surface area contributed by atoms with Gasteiger partial charge in [-0.2, -0.15) is 0 Å². The van der Waals surface area contributed by atoms with Crippen LogP contribution in [0.15, 0.2) is 29.4 Å². The number of carbonyl (C=O) groups excluding carboxylic acids is 1. The van der Waals surface area contributed by atoms with Gasteiger partial charge in [0.2, 0.25) is 0 Å². The van der Waals surface area contributed by atoms with Crippen molar-refractivity contribution < 1.29 is 14.7 Å². The highest BCUT2D eigenvalue weighted by atomic mass is 16.5. The van der Waals surface area contributed by atoms with Crippen LogP contribution in [0.4, 0.5) is 0 Å². The van der Waals surface area contributed by atoms with E-state index in [0.29, 0.717) is 17.4 Å². The highest BCUT2D eigenvalue weighted by Gasteiger charge is 2.25. The second-order valence-corrected chi connectivity index (χ2v) is 4.88. The van der Waals surface area contributed by atoms with Gasteiger partial charge in [-0.05, 0) is 44.0 Å². The fourth-order valence-electron chi connectivity index (χ4n) is 2.31. The average Bonchev–Trinajstić information content (AvgIpc) is 2.90. The molecule has 1 saturated heterocycles. The molecule has 1 aromatic rings. The monoisotopic (exact) mass is 277 g/mol. The Morgan fingerprint density at radius 2 is 2.20 bits per heavy atom. The van der Waals surface area contributed by atoms with E-state index in [-0.39, 0.29) is 18.3 Å². The lowest BCUT2D eigenvalue weighted by molar-refractivity contribution is -0.133. The Bertz CT molecular complexity index is 499. The summed E-state index contributed by atoms with van der Waals surface area (Å²) in [6.45, 7) is 2.90. The van der Waals surface area contributed by atoms with Crippen molar-refractivity contribution in [2.45, 2.75) is 25.8 Å². The number of hydrogen-bond donors (Lipinski definition) is 2. The van der Waals surface area contributed by atoms with E-state index in [0.717, 1.165) is 19.4 Å². The summed E-state index contributed by atoms with van der Waals surface area (Å²) in [7, 11) is 0. The van der Waals surface area contributed by atoms with E-state index in [1.807, 2.05) is 4.90 Å². The first-order valence-electron chi connectivity index (χ1n) is 6.62. The van der Waals surface area contributed by atoms with E-state index in [9.17, 15) is 4.79 Å². The van der Waals surface area contributed by atoms with Gasteiger partial charge in [-0.15, -0.1) is 0 Å². The lowest BCUT2D eigenvalue weighted by Gasteiger charge is -2.21. The average molecular weight is 277 g/mol. The third-order valence-corrected chi connectivity index (χ3v) is 3.49. The number of nitrogens with two attached hydrogens (primary N) is 1. The molecule has 1 heterocycles. The number of amides is 1. The summed E-state index contributed by atoms with van der Waals surface area (Å²) in [6.07, 6.45) is 2.11. The Balaban J connectivity index is 1.89. The molecule has 0 radical (unpaired) electrons. The second kappa shape index (κ2) is 6.27. The van der Waals surface area contributed by atoms with Crippen LogP contribution in [0, 0.1) is 0 Å². The molecule has 0 bridgehead atoms. The first-order valence-corrected chi connectivity index (χ1v) is 6.62. The number of nitrogens with zero attached hydrogens (tertiary/aromatic N) is 2. The number of oxime groups is 1. The van der Waals surface area contributed by atoms with E-state index >= 15 is 0 Å². The van der Waals surface area contributed by atoms with Gasteiger partial charge in [0.05, 0.1) is 0 Å². The molecule has 1 fully saturated rings.